The summed E-state index contributed by atoms with van der Waals surface area (Å²) in [6, 6.07) is 0. The quantitative estimate of drug-likeness (QED) is 0.532. The summed E-state index contributed by atoms with van der Waals surface area (Å²) >= 11 is 0. The molecule has 1 N–H and O–H groups in total. The van der Waals surface area contributed by atoms with Crippen LogP contribution in [0, 0.1) is 0 Å². The van der Waals surface area contributed by atoms with Crippen molar-refractivity contribution in [2.24, 2.45) is 0 Å². The van der Waals surface area contributed by atoms with Crippen LogP contribution >= 0.6 is 0 Å². The Morgan fingerprint density at radius 1 is 0.577 bits per heavy atom. The Labute approximate surface area is 133 Å². The highest BCUT2D eigenvalue weighted by Gasteiger charge is 2.93. The Balaban J connectivity index is 6.51. The second-order valence-electron chi connectivity index (χ2n) is 4.91. The molecule has 0 heterocycles. The molecule has 0 spiro atoms. The number of rotatable bonds is 8. The molecule has 0 aliphatic heterocycles. The molecule has 0 saturated carbocycles. The number of alkyl halides is 15. The summed E-state index contributed by atoms with van der Waals surface area (Å²) < 4.78 is 192. The van der Waals surface area contributed by atoms with Crippen LogP contribution in [0.4, 0.5) is 65.9 Å². The molecule has 0 aromatic carbocycles. The third kappa shape index (κ3) is 2.96. The average Bonchev–Trinajstić information content (AvgIpc) is 2.43. The lowest BCUT2D eigenvalue weighted by atomic mass is 9.89. The van der Waals surface area contributed by atoms with Crippen molar-refractivity contribution in [3.05, 3.63) is 0 Å². The van der Waals surface area contributed by atoms with E-state index in [4.69, 9.17) is 5.11 Å². The Morgan fingerprint density at radius 3 is 1.12 bits per heavy atom. The summed E-state index contributed by atoms with van der Waals surface area (Å²) in [4.78, 5) is 0. The molecule has 0 amide bonds. The monoisotopic (exact) mass is 428 g/mol. The van der Waals surface area contributed by atoms with E-state index < -0.39 is 54.2 Å². The van der Waals surface area contributed by atoms with Crippen LogP contribution in [-0.4, -0.2) is 52.9 Å². The van der Waals surface area contributed by atoms with Gasteiger partial charge in [-0.15, -0.1) is 0 Å². The predicted molar refractivity (Wildman–Crippen MR) is 52.0 cm³/mol. The number of halogens is 15. The molecule has 0 aliphatic rings. The fourth-order valence-corrected chi connectivity index (χ4v) is 1.44. The van der Waals surface area contributed by atoms with Crippen LogP contribution in [-0.2, 0) is 0 Å². The van der Waals surface area contributed by atoms with Gasteiger partial charge in [0.15, 0.2) is 6.17 Å². The van der Waals surface area contributed by atoms with Crippen molar-refractivity contribution in [1.29, 1.82) is 0 Å². The van der Waals surface area contributed by atoms with Gasteiger partial charge in [-0.3, -0.25) is 0 Å². The van der Waals surface area contributed by atoms with Crippen molar-refractivity contribution < 1.29 is 71.0 Å². The van der Waals surface area contributed by atoms with Gasteiger partial charge in [-0.05, 0) is 6.42 Å². The van der Waals surface area contributed by atoms with E-state index in [-0.39, 0.29) is 0 Å². The molecular formula is C10H7F15O. The molecule has 26 heavy (non-hydrogen) atoms. The van der Waals surface area contributed by atoms with E-state index in [1.54, 1.807) is 0 Å². The van der Waals surface area contributed by atoms with Crippen LogP contribution in [0.15, 0.2) is 0 Å². The fourth-order valence-electron chi connectivity index (χ4n) is 1.44. The third-order valence-electron chi connectivity index (χ3n) is 3.13. The summed E-state index contributed by atoms with van der Waals surface area (Å²) in [7, 11) is 0. The minimum Gasteiger partial charge on any atom is -0.331 e. The molecule has 16 heteroatoms. The van der Waals surface area contributed by atoms with Crippen molar-refractivity contribution in [2.45, 2.75) is 61.2 Å². The highest BCUT2D eigenvalue weighted by molar-refractivity contribution is 5.13. The molecule has 0 aliphatic carbocycles. The van der Waals surface area contributed by atoms with Gasteiger partial charge < -0.3 is 5.11 Å². The van der Waals surface area contributed by atoms with Gasteiger partial charge in [0.1, 0.15) is 0 Å². The van der Waals surface area contributed by atoms with Crippen molar-refractivity contribution >= 4 is 0 Å². The average molecular weight is 428 g/mol. The molecule has 158 valence electrons. The van der Waals surface area contributed by atoms with Crippen LogP contribution < -0.4 is 0 Å². The molecule has 0 radical (unpaired) electrons. The summed E-state index contributed by atoms with van der Waals surface area (Å²) in [5.74, 6) is -47.0. The van der Waals surface area contributed by atoms with Gasteiger partial charge in [0.05, 0.1) is 0 Å². The maximum Gasteiger partial charge on any atom is 0.423 e. The molecule has 0 aromatic heterocycles. The van der Waals surface area contributed by atoms with Gasteiger partial charge in [0.25, 0.3) is 0 Å². The van der Waals surface area contributed by atoms with E-state index in [0.717, 1.165) is 0 Å². The molecule has 0 rings (SSSR count). The molecule has 1 atom stereocenters. The van der Waals surface area contributed by atoms with Gasteiger partial charge >= 0.3 is 41.6 Å². The largest absolute Gasteiger partial charge is 0.423 e. The maximum atomic E-state index is 13.1. The SMILES string of the molecule is CCC(F)C(F)(F)C(F)(F)C(F)(F)C(F)(F)C(F)(F)C(F)(F)C(O)(F)F. The van der Waals surface area contributed by atoms with Crippen molar-refractivity contribution in [3.8, 4) is 0 Å². The minimum absolute atomic E-state index is 0.319. The van der Waals surface area contributed by atoms with Crippen LogP contribution in [0.3, 0.4) is 0 Å². The van der Waals surface area contributed by atoms with E-state index in [9.17, 15) is 65.9 Å². The predicted octanol–water partition coefficient (Wildman–Crippen LogP) is 5.13. The van der Waals surface area contributed by atoms with E-state index >= 15 is 0 Å². The molecule has 1 nitrogen and oxygen atoms in total. The van der Waals surface area contributed by atoms with Gasteiger partial charge in [-0.1, -0.05) is 6.92 Å². The van der Waals surface area contributed by atoms with Crippen molar-refractivity contribution in [3.63, 3.8) is 0 Å². The maximum absolute atomic E-state index is 13.1. The van der Waals surface area contributed by atoms with Gasteiger partial charge in [0, 0.05) is 0 Å². The molecule has 0 saturated heterocycles. The molecule has 0 bridgehead atoms. The number of hydrogen-bond acceptors (Lipinski definition) is 1. The standard InChI is InChI=1S/C10H7F15O/c1-2-3(11)4(12,13)5(14,15)6(16,17)7(18,19)8(20,21)9(22,23)10(24,25)26/h3,26H,2H2,1H3. The Hall–Kier alpha value is -1.09. The lowest BCUT2D eigenvalue weighted by molar-refractivity contribution is -0.463. The molecular weight excluding hydrogens is 421 g/mol. The summed E-state index contributed by atoms with van der Waals surface area (Å²) in [5.41, 5.74) is 0. The van der Waals surface area contributed by atoms with Gasteiger partial charge in [-0.25, -0.2) is 4.39 Å². The highest BCUT2D eigenvalue weighted by atomic mass is 19.4. The summed E-state index contributed by atoms with van der Waals surface area (Å²) in [6.07, 6.45) is -13.2. The number of hydrogen-bond donors (Lipinski definition) is 1. The zero-order valence-electron chi connectivity index (χ0n) is 11.9. The first-order chi connectivity index (χ1) is 11.0. The van der Waals surface area contributed by atoms with Crippen LogP contribution in [0.1, 0.15) is 13.3 Å². The normalized spacial score (nSPS) is 17.4. The van der Waals surface area contributed by atoms with Crippen molar-refractivity contribution in [1.82, 2.24) is 0 Å². The van der Waals surface area contributed by atoms with Crippen LogP contribution in [0.25, 0.3) is 0 Å². The zero-order chi connectivity index (χ0) is 21.8. The van der Waals surface area contributed by atoms with E-state index in [2.05, 4.69) is 0 Å². The molecule has 0 aromatic rings. The smallest absolute Gasteiger partial charge is 0.331 e. The van der Waals surface area contributed by atoms with Gasteiger partial charge in [-0.2, -0.15) is 61.5 Å². The zero-order valence-corrected chi connectivity index (χ0v) is 11.9. The van der Waals surface area contributed by atoms with Gasteiger partial charge in [0.2, 0.25) is 0 Å². The fraction of sp³-hybridized carbons (Fsp3) is 1.00. The van der Waals surface area contributed by atoms with Crippen molar-refractivity contribution in [2.75, 3.05) is 0 Å². The van der Waals surface area contributed by atoms with Crippen LogP contribution in [0.5, 0.6) is 0 Å². The first kappa shape index (κ1) is 24.9. The Morgan fingerprint density at radius 2 is 0.846 bits per heavy atom. The highest BCUT2D eigenvalue weighted by Crippen LogP contribution is 2.62. The molecule has 1 unspecified atom stereocenters. The molecule has 0 fully saturated rings. The second kappa shape index (κ2) is 6.22. The Bertz CT molecular complexity index is 505. The first-order valence-electron chi connectivity index (χ1n) is 5.99. The lowest BCUT2D eigenvalue weighted by Crippen LogP contribution is -2.73. The minimum atomic E-state index is -8.30. The Kier molecular flexibility index (Phi) is 5.96. The van der Waals surface area contributed by atoms with E-state index in [1.807, 2.05) is 0 Å². The lowest BCUT2D eigenvalue weighted by Gasteiger charge is -2.42. The topological polar surface area (TPSA) is 20.2 Å². The van der Waals surface area contributed by atoms with Crippen LogP contribution in [0.2, 0.25) is 0 Å². The van der Waals surface area contributed by atoms with E-state index in [0.29, 0.717) is 6.92 Å². The summed E-state index contributed by atoms with van der Waals surface area (Å²) in [6.45, 7) is 0.319. The second-order valence-corrected chi connectivity index (χ2v) is 4.91. The first-order valence-corrected chi connectivity index (χ1v) is 5.99. The summed E-state index contributed by atoms with van der Waals surface area (Å²) in [5, 5.41) is 7.46. The third-order valence-corrected chi connectivity index (χ3v) is 3.13. The van der Waals surface area contributed by atoms with E-state index in [1.165, 1.54) is 0 Å². The number of aliphatic hydroxyl groups is 1.